The maximum absolute atomic E-state index is 11.6. The molecule has 0 radical (unpaired) electrons. The van der Waals surface area contributed by atoms with Gasteiger partial charge in [0.15, 0.2) is 0 Å². The van der Waals surface area contributed by atoms with Crippen LogP contribution >= 0.6 is 0 Å². The molecule has 1 amide bonds. The molecule has 1 aromatic carbocycles. The quantitative estimate of drug-likeness (QED) is 0.823. The minimum atomic E-state index is -0.531. The molecule has 4 heteroatoms. The molecule has 1 aromatic rings. The number of nitrogens with one attached hydrogen (secondary N) is 2. The number of carbonyl (C=O) groups is 1. The van der Waals surface area contributed by atoms with Crippen LogP contribution in [-0.2, 0) is 11.2 Å². The molecule has 1 rings (SSSR count). The lowest BCUT2D eigenvalue weighted by molar-refractivity contribution is 0.0552. The predicted molar refractivity (Wildman–Crippen MR) is 81.0 cm³/mol. The third kappa shape index (κ3) is 6.18. The Bertz CT molecular complexity index is 499. The van der Waals surface area contributed by atoms with E-state index in [9.17, 15) is 4.79 Å². The molecule has 4 nitrogen and oxygen atoms in total. The zero-order valence-corrected chi connectivity index (χ0v) is 12.5. The fourth-order valence-electron chi connectivity index (χ4n) is 1.56. The molecule has 0 aliphatic rings. The Labute approximate surface area is 120 Å². The first-order chi connectivity index (χ1) is 9.28. The summed E-state index contributed by atoms with van der Waals surface area (Å²) in [5.74, 6) is 0. The summed E-state index contributed by atoms with van der Waals surface area (Å²) in [7, 11) is 0. The van der Waals surface area contributed by atoms with Gasteiger partial charge in [0.1, 0.15) is 5.60 Å². The van der Waals surface area contributed by atoms with E-state index in [1.165, 1.54) is 0 Å². The molecule has 20 heavy (non-hydrogen) atoms. The first kappa shape index (κ1) is 16.0. The second-order valence-electron chi connectivity index (χ2n) is 5.60. The van der Waals surface area contributed by atoms with E-state index >= 15 is 0 Å². The van der Waals surface area contributed by atoms with Gasteiger partial charge in [-0.25, -0.2) is 4.79 Å². The van der Waals surface area contributed by atoms with Crippen LogP contribution in [0.5, 0.6) is 0 Å². The van der Waals surface area contributed by atoms with Crippen LogP contribution in [0.2, 0.25) is 0 Å². The molecule has 0 bridgehead atoms. The van der Waals surface area contributed by atoms with Crippen molar-refractivity contribution in [3.63, 3.8) is 0 Å². The molecule has 0 heterocycles. The Morgan fingerprint density at radius 1 is 1.30 bits per heavy atom. The van der Waals surface area contributed by atoms with Crippen molar-refractivity contribution in [3.05, 3.63) is 47.7 Å². The van der Waals surface area contributed by atoms with Crippen molar-refractivity contribution in [2.24, 2.45) is 0 Å². The zero-order chi connectivity index (χ0) is 15.2. The lowest BCUT2D eigenvalue weighted by Gasteiger charge is -2.19. The van der Waals surface area contributed by atoms with Crippen LogP contribution in [0.1, 0.15) is 33.3 Å². The molecule has 0 aliphatic carbocycles. The van der Waals surface area contributed by atoms with E-state index in [0.29, 0.717) is 12.1 Å². The number of ether oxygens (including phenoxy) is 1. The molecule has 0 spiro atoms. The maximum atomic E-state index is 11.6. The molecule has 0 atom stereocenters. The highest BCUT2D eigenvalue weighted by Crippen LogP contribution is 2.09. The van der Waals surface area contributed by atoms with Gasteiger partial charge in [0.25, 0.3) is 0 Å². The van der Waals surface area contributed by atoms with Crippen molar-refractivity contribution in [3.8, 4) is 0 Å². The highest BCUT2D eigenvalue weighted by atomic mass is 16.6. The smallest absolute Gasteiger partial charge is 0.411 e. The Morgan fingerprint density at radius 3 is 2.40 bits per heavy atom. The Balaban J connectivity index is 2.69. The highest BCUT2D eigenvalue weighted by Gasteiger charge is 2.15. The number of amides is 1. The van der Waals surface area contributed by atoms with Gasteiger partial charge >= 0.3 is 6.09 Å². The van der Waals surface area contributed by atoms with E-state index in [2.05, 4.69) is 5.32 Å². The first-order valence-electron chi connectivity index (χ1n) is 6.56. The molecule has 0 aromatic heterocycles. The van der Waals surface area contributed by atoms with Crippen LogP contribution in [0.25, 0.3) is 0 Å². The topological polar surface area (TPSA) is 62.2 Å². The van der Waals surface area contributed by atoms with Crippen molar-refractivity contribution in [1.29, 1.82) is 5.41 Å². The molecule has 0 aliphatic heterocycles. The minimum absolute atomic E-state index is 0.421. The number of carbonyl (C=O) groups excluding carboxylic acids is 1. The van der Waals surface area contributed by atoms with Crippen LogP contribution in [-0.4, -0.2) is 17.4 Å². The number of rotatable bonds is 4. The number of hydrogen-bond donors (Lipinski definition) is 2. The average Bonchev–Trinajstić information content (AvgIpc) is 2.33. The predicted octanol–water partition coefficient (Wildman–Crippen LogP) is 3.68. The summed E-state index contributed by atoms with van der Waals surface area (Å²) in [6, 6.07) is 9.83. The molecule has 0 fully saturated rings. The van der Waals surface area contributed by atoms with Crippen LogP contribution in [0, 0.1) is 5.41 Å². The second kappa shape index (κ2) is 6.89. The average molecular weight is 274 g/mol. The van der Waals surface area contributed by atoms with Gasteiger partial charge in [-0.2, -0.15) is 0 Å². The molecule has 0 unspecified atom stereocenters. The van der Waals surface area contributed by atoms with Crippen molar-refractivity contribution in [2.45, 2.75) is 39.7 Å². The van der Waals surface area contributed by atoms with Gasteiger partial charge in [-0.3, -0.25) is 5.32 Å². The molecular weight excluding hydrogens is 252 g/mol. The van der Waals surface area contributed by atoms with E-state index < -0.39 is 11.7 Å². The first-order valence-corrected chi connectivity index (χ1v) is 6.56. The second-order valence-corrected chi connectivity index (χ2v) is 5.60. The van der Waals surface area contributed by atoms with Crippen molar-refractivity contribution in [1.82, 2.24) is 5.32 Å². The largest absolute Gasteiger partial charge is 0.444 e. The summed E-state index contributed by atoms with van der Waals surface area (Å²) in [6.45, 7) is 7.13. The Kier molecular flexibility index (Phi) is 5.50. The fourth-order valence-corrected chi connectivity index (χ4v) is 1.56. The summed E-state index contributed by atoms with van der Waals surface area (Å²) >= 11 is 0. The van der Waals surface area contributed by atoms with Gasteiger partial charge in [-0.05, 0) is 38.8 Å². The number of benzene rings is 1. The standard InChI is InChI=1S/C16H22N2O2/c1-12(17)14(10-13-8-6-5-7-9-13)11-18-15(19)20-16(2,3)4/h5-9,11,17H,10H2,1-4H3,(H,18,19)/b14-11-,17-12?. The molecule has 2 N–H and O–H groups in total. The van der Waals surface area contributed by atoms with E-state index in [4.69, 9.17) is 10.1 Å². The van der Waals surface area contributed by atoms with Crippen LogP contribution < -0.4 is 5.32 Å². The normalized spacial score (nSPS) is 11.9. The number of alkyl carbamates (subject to hydrolysis) is 1. The summed E-state index contributed by atoms with van der Waals surface area (Å²) < 4.78 is 5.15. The molecule has 0 saturated carbocycles. The Hall–Kier alpha value is -2.10. The van der Waals surface area contributed by atoms with Gasteiger partial charge in [0.2, 0.25) is 0 Å². The highest BCUT2D eigenvalue weighted by molar-refractivity contribution is 5.96. The van der Waals surface area contributed by atoms with E-state index in [1.807, 2.05) is 51.1 Å². The number of hydrogen-bond acceptors (Lipinski definition) is 3. The van der Waals surface area contributed by atoms with Crippen molar-refractivity contribution in [2.75, 3.05) is 0 Å². The van der Waals surface area contributed by atoms with Crippen LogP contribution in [0.15, 0.2) is 42.1 Å². The summed E-state index contributed by atoms with van der Waals surface area (Å²) in [5.41, 5.74) is 1.74. The summed E-state index contributed by atoms with van der Waals surface area (Å²) in [6.07, 6.45) is 1.64. The minimum Gasteiger partial charge on any atom is -0.444 e. The summed E-state index contributed by atoms with van der Waals surface area (Å²) in [4.78, 5) is 11.6. The van der Waals surface area contributed by atoms with Crippen molar-refractivity contribution < 1.29 is 9.53 Å². The van der Waals surface area contributed by atoms with E-state index in [-0.39, 0.29) is 0 Å². The fraction of sp³-hybridized carbons (Fsp3) is 0.375. The Morgan fingerprint density at radius 2 is 1.90 bits per heavy atom. The third-order valence-corrected chi connectivity index (χ3v) is 2.48. The van der Waals surface area contributed by atoms with Crippen molar-refractivity contribution >= 4 is 11.8 Å². The molecular formula is C16H22N2O2. The van der Waals surface area contributed by atoms with Gasteiger partial charge in [-0.1, -0.05) is 30.3 Å². The SMILES string of the molecule is CC(=N)/C(=C\NC(=O)OC(C)(C)C)Cc1ccccc1. The van der Waals surface area contributed by atoms with Crippen LogP contribution in [0.4, 0.5) is 4.79 Å². The number of allylic oxidation sites excluding steroid dienone is 1. The van der Waals surface area contributed by atoms with Gasteiger partial charge in [-0.15, -0.1) is 0 Å². The van der Waals surface area contributed by atoms with E-state index in [1.54, 1.807) is 13.1 Å². The lowest BCUT2D eigenvalue weighted by atomic mass is 10.0. The van der Waals surface area contributed by atoms with Crippen LogP contribution in [0.3, 0.4) is 0 Å². The van der Waals surface area contributed by atoms with Gasteiger partial charge in [0.05, 0.1) is 0 Å². The molecule has 108 valence electrons. The van der Waals surface area contributed by atoms with Gasteiger partial charge < -0.3 is 10.1 Å². The molecule has 0 saturated heterocycles. The summed E-state index contributed by atoms with van der Waals surface area (Å²) in [5, 5.41) is 10.3. The zero-order valence-electron chi connectivity index (χ0n) is 12.5. The monoisotopic (exact) mass is 274 g/mol. The van der Waals surface area contributed by atoms with E-state index in [0.717, 1.165) is 11.1 Å². The van der Waals surface area contributed by atoms with Gasteiger partial charge in [0, 0.05) is 18.3 Å². The third-order valence-electron chi connectivity index (χ3n) is 2.48. The lowest BCUT2D eigenvalue weighted by Crippen LogP contribution is -2.30. The maximum Gasteiger partial charge on any atom is 0.411 e.